The highest BCUT2D eigenvalue weighted by Crippen LogP contribution is 2.43. The summed E-state index contributed by atoms with van der Waals surface area (Å²) in [5, 5.41) is 12.6. The molecule has 0 bridgehead atoms. The minimum absolute atomic E-state index is 0.0601. The number of carbonyl (C=O) groups excluding carboxylic acids is 1. The van der Waals surface area contributed by atoms with Crippen LogP contribution in [0.4, 0.5) is 4.39 Å². The van der Waals surface area contributed by atoms with Crippen molar-refractivity contribution in [1.29, 1.82) is 0 Å². The van der Waals surface area contributed by atoms with E-state index in [-0.39, 0.29) is 24.2 Å². The number of hydrogen-bond acceptors (Lipinski definition) is 2. The average Bonchev–Trinajstić information content (AvgIpc) is 2.36. The third-order valence-electron chi connectivity index (χ3n) is 4.28. The molecule has 20 heavy (non-hydrogen) atoms. The molecule has 1 aliphatic carbocycles. The molecule has 1 atom stereocenters. The van der Waals surface area contributed by atoms with Gasteiger partial charge in [-0.05, 0) is 36.5 Å². The predicted octanol–water partition coefficient (Wildman–Crippen LogP) is 2.38. The molecule has 1 aromatic carbocycles. The largest absolute Gasteiger partial charge is 0.391 e. The molecule has 1 amide bonds. The monoisotopic (exact) mass is 279 g/mol. The first kappa shape index (κ1) is 15.0. The lowest BCUT2D eigenvalue weighted by molar-refractivity contribution is -0.130. The van der Waals surface area contributed by atoms with E-state index in [2.05, 4.69) is 5.32 Å². The van der Waals surface area contributed by atoms with Gasteiger partial charge in [-0.2, -0.15) is 0 Å². The van der Waals surface area contributed by atoms with Crippen LogP contribution in [0.1, 0.15) is 38.7 Å². The Morgan fingerprint density at radius 3 is 2.40 bits per heavy atom. The number of benzene rings is 1. The smallest absolute Gasteiger partial charge is 0.230 e. The molecule has 1 unspecified atom stereocenters. The second-order valence-electron chi connectivity index (χ2n) is 5.96. The maximum absolute atomic E-state index is 13.0. The summed E-state index contributed by atoms with van der Waals surface area (Å²) in [6, 6.07) is 6.16. The SMILES string of the molecule is CC(C)C(O)CNC(=O)C1(c2ccc(F)cc2)CCC1. The van der Waals surface area contributed by atoms with Crippen LogP contribution >= 0.6 is 0 Å². The molecule has 1 aliphatic rings. The molecule has 2 rings (SSSR count). The summed E-state index contributed by atoms with van der Waals surface area (Å²) in [5.41, 5.74) is 0.325. The zero-order chi connectivity index (χ0) is 14.8. The number of aliphatic hydroxyl groups is 1. The van der Waals surface area contributed by atoms with Crippen molar-refractivity contribution in [3.05, 3.63) is 35.6 Å². The van der Waals surface area contributed by atoms with Gasteiger partial charge in [0.15, 0.2) is 0 Å². The van der Waals surface area contributed by atoms with Crippen molar-refractivity contribution in [3.8, 4) is 0 Å². The molecule has 110 valence electrons. The van der Waals surface area contributed by atoms with E-state index in [1.807, 2.05) is 13.8 Å². The number of nitrogens with one attached hydrogen (secondary N) is 1. The first-order chi connectivity index (χ1) is 9.45. The highest BCUT2D eigenvalue weighted by atomic mass is 19.1. The maximum atomic E-state index is 13.0. The summed E-state index contributed by atoms with van der Waals surface area (Å²) < 4.78 is 13.0. The van der Waals surface area contributed by atoms with Gasteiger partial charge in [0.2, 0.25) is 5.91 Å². The van der Waals surface area contributed by atoms with Crippen LogP contribution in [0.25, 0.3) is 0 Å². The summed E-state index contributed by atoms with van der Waals surface area (Å²) in [4.78, 5) is 12.4. The van der Waals surface area contributed by atoms with Crippen LogP contribution in [0.3, 0.4) is 0 Å². The lowest BCUT2D eigenvalue weighted by Crippen LogP contribution is -2.51. The van der Waals surface area contributed by atoms with Crippen LogP contribution in [-0.2, 0) is 10.2 Å². The fourth-order valence-corrected chi connectivity index (χ4v) is 2.55. The highest BCUT2D eigenvalue weighted by molar-refractivity contribution is 5.89. The van der Waals surface area contributed by atoms with Crippen molar-refractivity contribution in [2.45, 2.75) is 44.6 Å². The molecule has 3 nitrogen and oxygen atoms in total. The van der Waals surface area contributed by atoms with Crippen molar-refractivity contribution in [1.82, 2.24) is 5.32 Å². The molecule has 0 saturated heterocycles. The minimum atomic E-state index is -0.538. The Morgan fingerprint density at radius 1 is 1.35 bits per heavy atom. The standard InChI is InChI=1S/C16H22FNO2/c1-11(2)14(19)10-18-15(20)16(8-3-9-16)12-4-6-13(17)7-5-12/h4-7,11,14,19H,3,8-10H2,1-2H3,(H,18,20). The van der Waals surface area contributed by atoms with E-state index in [0.29, 0.717) is 0 Å². The van der Waals surface area contributed by atoms with Gasteiger partial charge in [-0.3, -0.25) is 4.79 Å². The summed E-state index contributed by atoms with van der Waals surface area (Å²) in [7, 11) is 0. The molecule has 2 N–H and O–H groups in total. The van der Waals surface area contributed by atoms with Crippen molar-refractivity contribution in [3.63, 3.8) is 0 Å². The fraction of sp³-hybridized carbons (Fsp3) is 0.562. The van der Waals surface area contributed by atoms with Gasteiger partial charge in [0, 0.05) is 6.54 Å². The third kappa shape index (κ3) is 2.85. The second-order valence-corrected chi connectivity index (χ2v) is 5.96. The van der Waals surface area contributed by atoms with Crippen LogP contribution in [-0.4, -0.2) is 23.7 Å². The normalized spacial score (nSPS) is 18.4. The van der Waals surface area contributed by atoms with E-state index in [1.54, 1.807) is 12.1 Å². The van der Waals surface area contributed by atoms with Gasteiger partial charge in [-0.15, -0.1) is 0 Å². The Morgan fingerprint density at radius 2 is 1.95 bits per heavy atom. The molecular weight excluding hydrogens is 257 g/mol. The Hall–Kier alpha value is -1.42. The van der Waals surface area contributed by atoms with Gasteiger partial charge in [-0.1, -0.05) is 32.4 Å². The zero-order valence-corrected chi connectivity index (χ0v) is 12.0. The highest BCUT2D eigenvalue weighted by Gasteiger charge is 2.45. The number of carbonyl (C=O) groups is 1. The summed E-state index contributed by atoms with van der Waals surface area (Å²) in [6.07, 6.45) is 2.02. The number of aliphatic hydroxyl groups excluding tert-OH is 1. The molecule has 1 saturated carbocycles. The molecule has 0 radical (unpaired) electrons. The van der Waals surface area contributed by atoms with Gasteiger partial charge in [0.05, 0.1) is 11.5 Å². The molecule has 0 aromatic heterocycles. The van der Waals surface area contributed by atoms with E-state index >= 15 is 0 Å². The van der Waals surface area contributed by atoms with Crippen LogP contribution in [0.2, 0.25) is 0 Å². The zero-order valence-electron chi connectivity index (χ0n) is 12.0. The van der Waals surface area contributed by atoms with Gasteiger partial charge in [0.1, 0.15) is 5.82 Å². The first-order valence-electron chi connectivity index (χ1n) is 7.18. The molecular formula is C16H22FNO2. The molecule has 0 heterocycles. The Kier molecular flexibility index (Phi) is 4.43. The van der Waals surface area contributed by atoms with Crippen LogP contribution in [0, 0.1) is 11.7 Å². The molecule has 0 aliphatic heterocycles. The second kappa shape index (κ2) is 5.92. The molecule has 1 aromatic rings. The maximum Gasteiger partial charge on any atom is 0.230 e. The van der Waals surface area contributed by atoms with Crippen LogP contribution in [0.15, 0.2) is 24.3 Å². The van der Waals surface area contributed by atoms with Gasteiger partial charge >= 0.3 is 0 Å². The van der Waals surface area contributed by atoms with Crippen LogP contribution < -0.4 is 5.32 Å². The topological polar surface area (TPSA) is 49.3 Å². The minimum Gasteiger partial charge on any atom is -0.391 e. The lowest BCUT2D eigenvalue weighted by atomic mass is 9.64. The summed E-state index contributed by atoms with van der Waals surface area (Å²) in [5.74, 6) is -0.243. The van der Waals surface area contributed by atoms with E-state index in [9.17, 15) is 14.3 Å². The number of rotatable bonds is 5. The Labute approximate surface area is 119 Å². The van der Waals surface area contributed by atoms with Gasteiger partial charge in [0.25, 0.3) is 0 Å². The molecule has 0 spiro atoms. The van der Waals surface area contributed by atoms with E-state index < -0.39 is 11.5 Å². The van der Waals surface area contributed by atoms with E-state index in [0.717, 1.165) is 24.8 Å². The molecule has 4 heteroatoms. The predicted molar refractivity (Wildman–Crippen MR) is 75.8 cm³/mol. The van der Waals surface area contributed by atoms with Crippen molar-refractivity contribution < 1.29 is 14.3 Å². The summed E-state index contributed by atoms with van der Waals surface area (Å²) >= 11 is 0. The third-order valence-corrected chi connectivity index (χ3v) is 4.28. The fourth-order valence-electron chi connectivity index (χ4n) is 2.55. The van der Waals surface area contributed by atoms with E-state index in [1.165, 1.54) is 12.1 Å². The van der Waals surface area contributed by atoms with Crippen molar-refractivity contribution >= 4 is 5.91 Å². The number of halogens is 1. The van der Waals surface area contributed by atoms with Crippen molar-refractivity contribution in [2.24, 2.45) is 5.92 Å². The number of hydrogen-bond donors (Lipinski definition) is 2. The van der Waals surface area contributed by atoms with E-state index in [4.69, 9.17) is 0 Å². The summed E-state index contributed by atoms with van der Waals surface area (Å²) in [6.45, 7) is 4.09. The lowest BCUT2D eigenvalue weighted by Gasteiger charge is -2.41. The Balaban J connectivity index is 2.07. The number of amides is 1. The Bertz CT molecular complexity index is 466. The molecule has 1 fully saturated rings. The van der Waals surface area contributed by atoms with Gasteiger partial charge < -0.3 is 10.4 Å². The van der Waals surface area contributed by atoms with Crippen LogP contribution in [0.5, 0.6) is 0 Å². The van der Waals surface area contributed by atoms with Crippen molar-refractivity contribution in [2.75, 3.05) is 6.54 Å². The van der Waals surface area contributed by atoms with Gasteiger partial charge in [-0.25, -0.2) is 4.39 Å². The average molecular weight is 279 g/mol. The first-order valence-corrected chi connectivity index (χ1v) is 7.18. The quantitative estimate of drug-likeness (QED) is 0.869.